The number of aromatic amines is 1. The van der Waals surface area contributed by atoms with Gasteiger partial charge in [0.2, 0.25) is 5.91 Å². The van der Waals surface area contributed by atoms with Crippen molar-refractivity contribution in [2.45, 2.75) is 91.0 Å². The minimum Gasteiger partial charge on any atom is -0.385 e. The number of fused-ring (bicyclic) bond motifs is 6. The van der Waals surface area contributed by atoms with Crippen LogP contribution in [0.1, 0.15) is 84.1 Å². The van der Waals surface area contributed by atoms with Gasteiger partial charge in [0.25, 0.3) is 0 Å². The van der Waals surface area contributed by atoms with Crippen LogP contribution < -0.4 is 11.1 Å². The van der Waals surface area contributed by atoms with Gasteiger partial charge in [-0.2, -0.15) is 0 Å². The fourth-order valence-electron chi connectivity index (χ4n) is 9.48. The Labute approximate surface area is 221 Å². The molecule has 1 amide bonds. The van der Waals surface area contributed by atoms with Crippen LogP contribution in [-0.2, 0) is 16.0 Å². The number of rotatable bonds is 5. The van der Waals surface area contributed by atoms with Gasteiger partial charge in [0.15, 0.2) is 0 Å². The maximum Gasteiger partial charge on any atom is 0.220 e. The van der Waals surface area contributed by atoms with Gasteiger partial charge >= 0.3 is 0 Å². The largest absolute Gasteiger partial charge is 0.385 e. The summed E-state index contributed by atoms with van der Waals surface area (Å²) in [6, 6.07) is 8.33. The molecule has 7 atom stereocenters. The number of H-pyrrole nitrogens is 1. The van der Waals surface area contributed by atoms with Gasteiger partial charge in [0.05, 0.1) is 0 Å². The highest BCUT2D eigenvalue weighted by molar-refractivity contribution is 5.89. The Hall–Kier alpha value is -2.56. The van der Waals surface area contributed by atoms with Gasteiger partial charge < -0.3 is 16.0 Å². The van der Waals surface area contributed by atoms with Crippen molar-refractivity contribution in [1.82, 2.24) is 10.3 Å². The Balaban J connectivity index is 1.10. The monoisotopic (exact) mass is 501 g/mol. The molecule has 198 valence electrons. The van der Waals surface area contributed by atoms with Gasteiger partial charge in [0, 0.05) is 34.8 Å². The predicted octanol–water partition coefficient (Wildman–Crippen LogP) is 6.34. The zero-order valence-corrected chi connectivity index (χ0v) is 22.7. The number of carbonyl (C=O) groups is 2. The SMILES string of the molecule is CC(=O)[C@H]1CCC2C3CC=C4C[C@H](NC(=O)CCc5c(N)[nH]c6ccccc56)CC[C@]4(C)C3CC[C@@]21C. The first kappa shape index (κ1) is 24.8. The number of anilines is 1. The summed E-state index contributed by atoms with van der Waals surface area (Å²) in [6.45, 7) is 6.74. The van der Waals surface area contributed by atoms with Crippen LogP contribution in [0.5, 0.6) is 0 Å². The first-order chi connectivity index (χ1) is 17.7. The summed E-state index contributed by atoms with van der Waals surface area (Å²) >= 11 is 0. The normalized spacial score (nSPS) is 36.8. The molecule has 37 heavy (non-hydrogen) atoms. The minimum atomic E-state index is 0.127. The summed E-state index contributed by atoms with van der Waals surface area (Å²) < 4.78 is 0. The molecule has 0 spiro atoms. The van der Waals surface area contributed by atoms with E-state index in [0.717, 1.165) is 54.5 Å². The van der Waals surface area contributed by atoms with E-state index in [1.54, 1.807) is 5.57 Å². The molecule has 0 aliphatic heterocycles. The van der Waals surface area contributed by atoms with Gasteiger partial charge in [-0.1, -0.05) is 43.7 Å². The van der Waals surface area contributed by atoms with E-state index in [4.69, 9.17) is 5.73 Å². The highest BCUT2D eigenvalue weighted by Gasteiger charge is 2.59. The number of Topliss-reactive ketones (excluding diaryl/α,β-unsaturated/α-hetero) is 1. The quantitative estimate of drug-likeness (QED) is 0.418. The van der Waals surface area contributed by atoms with Crippen LogP contribution in [0.25, 0.3) is 10.9 Å². The lowest BCUT2D eigenvalue weighted by atomic mass is 9.47. The summed E-state index contributed by atoms with van der Waals surface area (Å²) in [7, 11) is 0. The molecule has 4 N–H and O–H groups in total. The fraction of sp³-hybridized carbons (Fsp3) is 0.625. The smallest absolute Gasteiger partial charge is 0.220 e. The molecule has 4 aliphatic rings. The third kappa shape index (κ3) is 3.95. The Morgan fingerprint density at radius 1 is 1.08 bits per heavy atom. The molecule has 3 fully saturated rings. The molecule has 4 aliphatic carbocycles. The van der Waals surface area contributed by atoms with Crippen LogP contribution in [0.4, 0.5) is 5.82 Å². The molecule has 3 unspecified atom stereocenters. The second-order valence-electron chi connectivity index (χ2n) is 13.1. The number of carbonyl (C=O) groups excluding carboxylic acids is 2. The summed E-state index contributed by atoms with van der Waals surface area (Å²) in [6.07, 6.45) is 12.8. The molecule has 6 rings (SSSR count). The zero-order chi connectivity index (χ0) is 25.9. The first-order valence-corrected chi connectivity index (χ1v) is 14.5. The Kier molecular flexibility index (Phi) is 6.04. The number of nitrogen functional groups attached to an aromatic ring is 1. The highest BCUT2D eigenvalue weighted by Crippen LogP contribution is 2.66. The van der Waals surface area contributed by atoms with Crippen molar-refractivity contribution in [2.24, 2.45) is 34.5 Å². The lowest BCUT2D eigenvalue weighted by Crippen LogP contribution is -2.52. The number of nitrogens with one attached hydrogen (secondary N) is 2. The topological polar surface area (TPSA) is 88.0 Å². The molecule has 0 saturated heterocycles. The molecular formula is C32H43N3O2. The second kappa shape index (κ2) is 9.03. The van der Waals surface area contributed by atoms with Crippen LogP contribution in [0.15, 0.2) is 35.9 Å². The van der Waals surface area contributed by atoms with Gasteiger partial charge in [-0.25, -0.2) is 0 Å². The van der Waals surface area contributed by atoms with Gasteiger partial charge in [-0.3, -0.25) is 9.59 Å². The van der Waals surface area contributed by atoms with E-state index >= 15 is 0 Å². The Morgan fingerprint density at radius 3 is 2.70 bits per heavy atom. The molecule has 0 radical (unpaired) electrons. The van der Waals surface area contributed by atoms with Crippen LogP contribution >= 0.6 is 0 Å². The zero-order valence-electron chi connectivity index (χ0n) is 22.7. The molecule has 1 aromatic heterocycles. The number of aryl methyl sites for hydroxylation is 1. The lowest BCUT2D eigenvalue weighted by Gasteiger charge is -2.58. The average molecular weight is 502 g/mol. The van der Waals surface area contributed by atoms with Gasteiger partial charge in [-0.15, -0.1) is 0 Å². The number of ketones is 1. The van der Waals surface area contributed by atoms with Crippen LogP contribution in [-0.4, -0.2) is 22.7 Å². The maximum atomic E-state index is 13.0. The van der Waals surface area contributed by atoms with E-state index in [1.165, 1.54) is 19.3 Å². The predicted molar refractivity (Wildman–Crippen MR) is 149 cm³/mol. The number of nitrogens with two attached hydrogens (primary N) is 1. The second-order valence-corrected chi connectivity index (χ2v) is 13.1. The lowest BCUT2D eigenvalue weighted by molar-refractivity contribution is -0.127. The molecule has 3 saturated carbocycles. The van der Waals surface area contributed by atoms with Crippen molar-refractivity contribution >= 4 is 28.4 Å². The molecule has 5 nitrogen and oxygen atoms in total. The van der Waals surface area contributed by atoms with Crippen molar-refractivity contribution < 1.29 is 9.59 Å². The van der Waals surface area contributed by atoms with Crippen LogP contribution in [0.2, 0.25) is 0 Å². The number of benzene rings is 1. The Bertz CT molecular complexity index is 1260. The fourth-order valence-corrected chi connectivity index (χ4v) is 9.48. The third-order valence-corrected chi connectivity index (χ3v) is 11.4. The van der Waals surface area contributed by atoms with Crippen molar-refractivity contribution in [1.29, 1.82) is 0 Å². The molecule has 1 heterocycles. The van der Waals surface area contributed by atoms with E-state index in [9.17, 15) is 9.59 Å². The van der Waals surface area contributed by atoms with E-state index in [1.807, 2.05) is 25.1 Å². The number of para-hydroxylation sites is 1. The van der Waals surface area contributed by atoms with Crippen LogP contribution in [0, 0.1) is 34.5 Å². The molecular weight excluding hydrogens is 458 g/mol. The summed E-state index contributed by atoms with van der Waals surface area (Å²) in [5, 5.41) is 4.48. The number of hydrogen-bond acceptors (Lipinski definition) is 3. The van der Waals surface area contributed by atoms with Crippen LogP contribution in [0.3, 0.4) is 0 Å². The molecule has 1 aromatic carbocycles. The van der Waals surface area contributed by atoms with E-state index in [-0.39, 0.29) is 28.7 Å². The first-order valence-electron chi connectivity index (χ1n) is 14.5. The minimum absolute atomic E-state index is 0.127. The van der Waals surface area contributed by atoms with Crippen molar-refractivity contribution in [2.75, 3.05) is 5.73 Å². The van der Waals surface area contributed by atoms with Gasteiger partial charge in [0.1, 0.15) is 11.6 Å². The summed E-state index contributed by atoms with van der Waals surface area (Å²) in [5.74, 6) is 3.59. The number of amides is 1. The van der Waals surface area contributed by atoms with Crippen molar-refractivity contribution in [3.63, 3.8) is 0 Å². The average Bonchev–Trinajstić information content (AvgIpc) is 3.39. The molecule has 0 bridgehead atoms. The third-order valence-electron chi connectivity index (χ3n) is 11.4. The molecule has 2 aromatic rings. The van der Waals surface area contributed by atoms with Crippen molar-refractivity contribution in [3.8, 4) is 0 Å². The van der Waals surface area contributed by atoms with E-state index in [0.29, 0.717) is 36.3 Å². The Morgan fingerprint density at radius 2 is 1.89 bits per heavy atom. The standard InChI is InChI=1S/C32H43N3O2/c1-19(36)25-11-12-26-24-9-8-20-18-21(14-16-31(20,2)27(24)15-17-32(25,26)3)34-29(37)13-10-23-22-6-4-5-7-28(22)35-30(23)33/h4-8,21,24-27,35H,9-18,33H2,1-3H3,(H,34,37)/t21-,24?,25-,26?,27?,31+,32-/m1/s1. The number of aromatic nitrogens is 1. The maximum absolute atomic E-state index is 13.0. The summed E-state index contributed by atoms with van der Waals surface area (Å²) in [4.78, 5) is 28.6. The number of hydrogen-bond donors (Lipinski definition) is 3. The van der Waals surface area contributed by atoms with E-state index in [2.05, 4.69) is 36.3 Å². The summed E-state index contributed by atoms with van der Waals surface area (Å²) in [5.41, 5.74) is 10.3. The van der Waals surface area contributed by atoms with Gasteiger partial charge in [-0.05, 0) is 99.4 Å². The van der Waals surface area contributed by atoms with Crippen molar-refractivity contribution in [3.05, 3.63) is 41.5 Å². The highest BCUT2D eigenvalue weighted by atomic mass is 16.1. The molecule has 5 heteroatoms. The number of allylic oxidation sites excluding steroid dienone is 1. The van der Waals surface area contributed by atoms with E-state index < -0.39 is 0 Å².